The van der Waals surface area contributed by atoms with Crippen molar-refractivity contribution in [3.8, 4) is 51.8 Å². The van der Waals surface area contributed by atoms with Crippen LogP contribution < -0.4 is 0 Å². The van der Waals surface area contributed by atoms with Crippen LogP contribution in [0, 0.1) is 34.0 Å². The molecule has 0 atom stereocenters. The van der Waals surface area contributed by atoms with Crippen LogP contribution in [0.1, 0.15) is 16.7 Å². The fourth-order valence-corrected chi connectivity index (χ4v) is 7.44. The Balaban J connectivity index is 1.35. The molecule has 9 aromatic rings. The van der Waals surface area contributed by atoms with Gasteiger partial charge in [0.1, 0.15) is 6.07 Å². The summed E-state index contributed by atoms with van der Waals surface area (Å²) in [5.41, 5.74) is 11.5. The highest BCUT2D eigenvalue weighted by molar-refractivity contribution is 6.11. The van der Waals surface area contributed by atoms with Crippen molar-refractivity contribution in [3.05, 3.63) is 168 Å². The van der Waals surface area contributed by atoms with E-state index >= 15 is 0 Å². The van der Waals surface area contributed by atoms with Crippen LogP contribution in [0.15, 0.2) is 152 Å². The van der Waals surface area contributed by atoms with E-state index in [2.05, 4.69) is 88.0 Å². The van der Waals surface area contributed by atoms with Crippen LogP contribution in [0.25, 0.3) is 77.2 Å². The summed E-state index contributed by atoms with van der Waals surface area (Å²) in [6, 6.07) is 57.9. The number of nitriles is 3. The van der Waals surface area contributed by atoms with Gasteiger partial charge >= 0.3 is 0 Å². The molecule has 9 rings (SSSR count). The first-order chi connectivity index (χ1) is 24.7. The maximum Gasteiger partial charge on any atom is 0.101 e. The molecule has 2 heterocycles. The minimum absolute atomic E-state index is 0.551. The number of para-hydroxylation sites is 3. The van der Waals surface area contributed by atoms with E-state index < -0.39 is 0 Å². The van der Waals surface area contributed by atoms with E-state index in [4.69, 9.17) is 0 Å². The first kappa shape index (κ1) is 28.8. The van der Waals surface area contributed by atoms with Crippen LogP contribution in [0.5, 0.6) is 0 Å². The zero-order valence-corrected chi connectivity index (χ0v) is 26.7. The van der Waals surface area contributed by atoms with Gasteiger partial charge in [0.15, 0.2) is 0 Å². The Bertz CT molecular complexity index is 2960. The molecule has 0 fully saturated rings. The van der Waals surface area contributed by atoms with Crippen molar-refractivity contribution in [1.82, 2.24) is 9.13 Å². The van der Waals surface area contributed by atoms with Crippen molar-refractivity contribution < 1.29 is 0 Å². The van der Waals surface area contributed by atoms with Gasteiger partial charge in [-0.3, -0.25) is 0 Å². The van der Waals surface area contributed by atoms with E-state index in [0.717, 1.165) is 77.2 Å². The zero-order chi connectivity index (χ0) is 33.8. The van der Waals surface area contributed by atoms with Crippen LogP contribution in [0.3, 0.4) is 0 Å². The normalized spacial score (nSPS) is 11.1. The molecule has 0 amide bonds. The lowest BCUT2D eigenvalue weighted by Crippen LogP contribution is -2.02. The number of fused-ring (bicyclic) bond motifs is 6. The topological polar surface area (TPSA) is 81.2 Å². The minimum atomic E-state index is 0.551. The monoisotopic (exact) mass is 635 g/mol. The summed E-state index contributed by atoms with van der Waals surface area (Å²) in [6.07, 6.45) is 0. The van der Waals surface area contributed by atoms with E-state index in [1.165, 1.54) is 0 Å². The van der Waals surface area contributed by atoms with Gasteiger partial charge < -0.3 is 9.13 Å². The second-order valence-corrected chi connectivity index (χ2v) is 12.3. The van der Waals surface area contributed by atoms with E-state index in [1.54, 1.807) is 0 Å². The molecular formula is C45H25N5. The van der Waals surface area contributed by atoms with Crippen molar-refractivity contribution in [2.24, 2.45) is 0 Å². The van der Waals surface area contributed by atoms with Crippen molar-refractivity contribution >= 4 is 43.6 Å². The average Bonchev–Trinajstić information content (AvgIpc) is 3.69. The number of aromatic nitrogens is 2. The van der Waals surface area contributed by atoms with Crippen LogP contribution in [0.2, 0.25) is 0 Å². The molecule has 230 valence electrons. The highest BCUT2D eigenvalue weighted by Gasteiger charge is 2.21. The Labute approximate surface area is 287 Å². The molecule has 0 radical (unpaired) electrons. The summed E-state index contributed by atoms with van der Waals surface area (Å²) in [6.45, 7) is 0. The lowest BCUT2D eigenvalue weighted by molar-refractivity contribution is 1.16. The standard InChI is InChI=1S/C45H25N5/c46-26-29-17-20-43-38(23-29)35-12-4-6-15-40(35)49(43)42-22-19-32(25-37(42)31-9-2-1-3-10-31)34-14-8-11-33(28-48)45(34)50-41-16-7-5-13-36(41)39-24-30(27-47)18-21-44(39)50/h1-25H. The smallest absolute Gasteiger partial charge is 0.101 e. The van der Waals surface area contributed by atoms with Crippen LogP contribution in [-0.4, -0.2) is 9.13 Å². The second kappa shape index (κ2) is 11.4. The summed E-state index contributed by atoms with van der Waals surface area (Å²) in [5, 5.41) is 34.0. The van der Waals surface area contributed by atoms with Crippen molar-refractivity contribution in [1.29, 1.82) is 15.8 Å². The van der Waals surface area contributed by atoms with Gasteiger partial charge in [0, 0.05) is 32.7 Å². The third-order valence-electron chi connectivity index (χ3n) is 9.62. The van der Waals surface area contributed by atoms with Gasteiger partial charge in [-0.2, -0.15) is 15.8 Å². The van der Waals surface area contributed by atoms with Gasteiger partial charge in [0.2, 0.25) is 0 Å². The number of benzene rings is 7. The number of rotatable bonds is 4. The summed E-state index contributed by atoms with van der Waals surface area (Å²) in [4.78, 5) is 0. The van der Waals surface area contributed by atoms with Crippen molar-refractivity contribution in [3.63, 3.8) is 0 Å². The quantitative estimate of drug-likeness (QED) is 0.193. The van der Waals surface area contributed by atoms with Crippen molar-refractivity contribution in [2.75, 3.05) is 0 Å². The van der Waals surface area contributed by atoms with Gasteiger partial charge in [-0.15, -0.1) is 0 Å². The summed E-state index contributed by atoms with van der Waals surface area (Å²) >= 11 is 0. The molecule has 0 spiro atoms. The predicted octanol–water partition coefficient (Wildman–Crippen LogP) is 10.8. The highest BCUT2D eigenvalue weighted by Crippen LogP contribution is 2.42. The molecule has 5 heteroatoms. The number of hydrogen-bond acceptors (Lipinski definition) is 3. The van der Waals surface area contributed by atoms with Crippen LogP contribution in [-0.2, 0) is 0 Å². The molecule has 0 aliphatic carbocycles. The average molecular weight is 636 g/mol. The van der Waals surface area contributed by atoms with Gasteiger partial charge in [0.05, 0.1) is 62.3 Å². The SMILES string of the molecule is N#Cc1ccc2c(c1)c1ccccc1n2-c1ccc(-c2cccc(C#N)c2-n2c3ccccc3c3cc(C#N)ccc32)cc1-c1ccccc1. The molecule has 0 aliphatic rings. The molecule has 0 N–H and O–H groups in total. The van der Waals surface area contributed by atoms with Gasteiger partial charge in [-0.05, 0) is 77.9 Å². The summed E-state index contributed by atoms with van der Waals surface area (Å²) in [5.74, 6) is 0. The van der Waals surface area contributed by atoms with Gasteiger partial charge in [-0.25, -0.2) is 0 Å². The van der Waals surface area contributed by atoms with E-state index in [9.17, 15) is 15.8 Å². The molecule has 7 aromatic carbocycles. The molecule has 0 unspecified atom stereocenters. The van der Waals surface area contributed by atoms with Crippen LogP contribution in [0.4, 0.5) is 0 Å². The molecule has 0 saturated carbocycles. The Morgan fingerprint density at radius 2 is 0.960 bits per heavy atom. The zero-order valence-electron chi connectivity index (χ0n) is 26.7. The summed E-state index contributed by atoms with van der Waals surface area (Å²) < 4.78 is 4.44. The number of nitrogens with zero attached hydrogens (tertiary/aromatic N) is 5. The molecule has 2 aromatic heterocycles. The molecule has 0 saturated heterocycles. The van der Waals surface area contributed by atoms with Crippen molar-refractivity contribution in [2.45, 2.75) is 0 Å². The Kier molecular flexibility index (Phi) is 6.56. The van der Waals surface area contributed by atoms with E-state index in [1.807, 2.05) is 91.0 Å². The first-order valence-corrected chi connectivity index (χ1v) is 16.3. The third kappa shape index (κ3) is 4.31. The Morgan fingerprint density at radius 3 is 1.60 bits per heavy atom. The number of hydrogen-bond donors (Lipinski definition) is 0. The maximum absolute atomic E-state index is 10.5. The Hall–Kier alpha value is -7.39. The molecule has 50 heavy (non-hydrogen) atoms. The molecule has 0 bridgehead atoms. The van der Waals surface area contributed by atoms with Gasteiger partial charge in [-0.1, -0.05) is 84.9 Å². The van der Waals surface area contributed by atoms with E-state index in [0.29, 0.717) is 16.7 Å². The van der Waals surface area contributed by atoms with Crippen LogP contribution >= 0.6 is 0 Å². The van der Waals surface area contributed by atoms with E-state index in [-0.39, 0.29) is 0 Å². The molecule has 0 aliphatic heterocycles. The highest BCUT2D eigenvalue weighted by atomic mass is 15.0. The molecular weight excluding hydrogens is 611 g/mol. The minimum Gasteiger partial charge on any atom is -0.309 e. The summed E-state index contributed by atoms with van der Waals surface area (Å²) in [7, 11) is 0. The largest absolute Gasteiger partial charge is 0.309 e. The lowest BCUT2D eigenvalue weighted by Gasteiger charge is -2.19. The fourth-order valence-electron chi connectivity index (χ4n) is 7.44. The third-order valence-corrected chi connectivity index (χ3v) is 9.62. The molecule has 5 nitrogen and oxygen atoms in total. The lowest BCUT2D eigenvalue weighted by atomic mass is 9.94. The second-order valence-electron chi connectivity index (χ2n) is 12.3. The van der Waals surface area contributed by atoms with Gasteiger partial charge in [0.25, 0.3) is 0 Å². The fraction of sp³-hybridized carbons (Fsp3) is 0. The Morgan fingerprint density at radius 1 is 0.380 bits per heavy atom. The maximum atomic E-state index is 10.5. The first-order valence-electron chi connectivity index (χ1n) is 16.3. The predicted molar refractivity (Wildman–Crippen MR) is 200 cm³/mol.